The van der Waals surface area contributed by atoms with Gasteiger partial charge < -0.3 is 14.3 Å². The number of nitrogens with zero attached hydrogens (tertiary/aromatic N) is 3. The van der Waals surface area contributed by atoms with Crippen molar-refractivity contribution in [3.63, 3.8) is 0 Å². The van der Waals surface area contributed by atoms with Crippen molar-refractivity contribution in [2.75, 3.05) is 0 Å². The van der Waals surface area contributed by atoms with Gasteiger partial charge in [0.05, 0.1) is 5.69 Å². The summed E-state index contributed by atoms with van der Waals surface area (Å²) in [4.78, 5) is 17.3. The van der Waals surface area contributed by atoms with Crippen molar-refractivity contribution in [3.05, 3.63) is 47.4 Å². The number of hydrogen-bond acceptors (Lipinski definition) is 4. The van der Waals surface area contributed by atoms with Crippen LogP contribution < -0.4 is 5.32 Å². The number of amides is 1. The van der Waals surface area contributed by atoms with Crippen molar-refractivity contribution in [1.29, 1.82) is 0 Å². The van der Waals surface area contributed by atoms with Crippen LogP contribution in [-0.4, -0.2) is 31.7 Å². The molecule has 0 aromatic carbocycles. The highest BCUT2D eigenvalue weighted by molar-refractivity contribution is 5.93. The molecule has 0 bridgehead atoms. The van der Waals surface area contributed by atoms with Crippen LogP contribution >= 0.6 is 0 Å². The summed E-state index contributed by atoms with van der Waals surface area (Å²) >= 11 is 0. The first-order valence-electron chi connectivity index (χ1n) is 9.29. The van der Waals surface area contributed by atoms with E-state index in [0.29, 0.717) is 17.1 Å². The van der Waals surface area contributed by atoms with E-state index in [1.807, 2.05) is 19.1 Å². The highest BCUT2D eigenvalue weighted by Crippen LogP contribution is 2.25. The first-order chi connectivity index (χ1) is 12.8. The van der Waals surface area contributed by atoms with E-state index in [1.54, 1.807) is 6.07 Å². The number of imidazole rings is 1. The number of fused-ring (bicyclic) bond motifs is 1. The lowest BCUT2D eigenvalue weighted by molar-refractivity contribution is 0.0922. The first kappa shape index (κ1) is 17.6. The van der Waals surface area contributed by atoms with E-state index in [1.165, 1.54) is 0 Å². The molecule has 1 amide bonds. The summed E-state index contributed by atoms with van der Waals surface area (Å²) in [5.74, 6) is 2.42. The number of carbonyl (C=O) groups excluding carboxylic acids is 1. The van der Waals surface area contributed by atoms with Gasteiger partial charge in [0.1, 0.15) is 17.3 Å². The van der Waals surface area contributed by atoms with Crippen molar-refractivity contribution < 1.29 is 9.21 Å². The minimum Gasteiger partial charge on any atom is -0.460 e. The summed E-state index contributed by atoms with van der Waals surface area (Å²) in [6, 6.07) is 5.53. The molecule has 27 heavy (non-hydrogen) atoms. The van der Waals surface area contributed by atoms with E-state index in [0.717, 1.165) is 36.7 Å². The zero-order valence-electron chi connectivity index (χ0n) is 16.2. The number of rotatable bonds is 3. The third-order valence-electron chi connectivity index (χ3n) is 4.91. The van der Waals surface area contributed by atoms with Crippen LogP contribution in [0.15, 0.2) is 28.8 Å². The average Bonchev–Trinajstić information content (AvgIpc) is 3.32. The molecule has 3 aromatic heterocycles. The quantitative estimate of drug-likeness (QED) is 0.744. The van der Waals surface area contributed by atoms with E-state index in [4.69, 9.17) is 9.40 Å². The molecule has 1 aliphatic rings. The molecule has 0 saturated carbocycles. The zero-order chi connectivity index (χ0) is 19.2. The van der Waals surface area contributed by atoms with Crippen molar-refractivity contribution in [2.45, 2.75) is 58.5 Å². The van der Waals surface area contributed by atoms with Crippen LogP contribution in [0.25, 0.3) is 11.5 Å². The van der Waals surface area contributed by atoms with Gasteiger partial charge in [-0.25, -0.2) is 4.98 Å². The van der Waals surface area contributed by atoms with Gasteiger partial charge in [0.2, 0.25) is 0 Å². The standard InChI is InChI=1S/C20H25N5O2/c1-12-5-7-16(27-12)14-9-15(24-23-14)19(26)21-13-6-8-18-22-17(20(2,3)4)11-25(18)10-13/h5,7,9,11,13H,6,8,10H2,1-4H3,(H,21,26)(H,23,24). The summed E-state index contributed by atoms with van der Waals surface area (Å²) in [7, 11) is 0. The Bertz CT molecular complexity index is 973. The van der Waals surface area contributed by atoms with E-state index in [9.17, 15) is 4.79 Å². The number of nitrogens with one attached hydrogen (secondary N) is 2. The smallest absolute Gasteiger partial charge is 0.272 e. The molecule has 0 radical (unpaired) electrons. The van der Waals surface area contributed by atoms with Crippen molar-refractivity contribution in [3.8, 4) is 11.5 Å². The Morgan fingerprint density at radius 1 is 1.37 bits per heavy atom. The van der Waals surface area contributed by atoms with Crippen LogP contribution in [0.2, 0.25) is 0 Å². The zero-order valence-corrected chi connectivity index (χ0v) is 16.2. The van der Waals surface area contributed by atoms with E-state index in [-0.39, 0.29) is 17.4 Å². The average molecular weight is 367 g/mol. The molecular weight excluding hydrogens is 342 g/mol. The van der Waals surface area contributed by atoms with Crippen LogP contribution in [0.5, 0.6) is 0 Å². The Kier molecular flexibility index (Phi) is 4.17. The third kappa shape index (κ3) is 3.54. The molecule has 4 heterocycles. The minimum absolute atomic E-state index is 0.0265. The molecule has 3 aromatic rings. The van der Waals surface area contributed by atoms with Gasteiger partial charge >= 0.3 is 0 Å². The number of aromatic nitrogens is 4. The van der Waals surface area contributed by atoms with Gasteiger partial charge in [-0.05, 0) is 25.5 Å². The summed E-state index contributed by atoms with van der Waals surface area (Å²) in [5.41, 5.74) is 2.18. The largest absolute Gasteiger partial charge is 0.460 e. The summed E-state index contributed by atoms with van der Waals surface area (Å²) in [5, 5.41) is 10.1. The second-order valence-electron chi connectivity index (χ2n) is 8.23. The van der Waals surface area contributed by atoms with E-state index in [2.05, 4.69) is 47.0 Å². The molecule has 0 spiro atoms. The number of H-pyrrole nitrogens is 1. The maximum Gasteiger partial charge on any atom is 0.272 e. The number of aromatic amines is 1. The SMILES string of the molecule is Cc1ccc(-c2cc(C(=O)NC3CCc4nc(C(C)(C)C)cn4C3)n[nH]2)o1. The molecule has 7 nitrogen and oxygen atoms in total. The summed E-state index contributed by atoms with van der Waals surface area (Å²) < 4.78 is 7.73. The Balaban J connectivity index is 1.43. The Labute approximate surface area is 158 Å². The van der Waals surface area contributed by atoms with Gasteiger partial charge in [0, 0.05) is 36.7 Å². The molecule has 1 aliphatic heterocycles. The van der Waals surface area contributed by atoms with Crippen LogP contribution in [-0.2, 0) is 18.4 Å². The van der Waals surface area contributed by atoms with Gasteiger partial charge in [-0.15, -0.1) is 0 Å². The van der Waals surface area contributed by atoms with E-state index >= 15 is 0 Å². The Hall–Kier alpha value is -2.83. The maximum absolute atomic E-state index is 12.6. The molecule has 0 saturated heterocycles. The lowest BCUT2D eigenvalue weighted by Crippen LogP contribution is -2.41. The maximum atomic E-state index is 12.6. The fraction of sp³-hybridized carbons (Fsp3) is 0.450. The number of carbonyl (C=O) groups is 1. The molecule has 142 valence electrons. The minimum atomic E-state index is -0.176. The molecule has 2 N–H and O–H groups in total. The second kappa shape index (κ2) is 6.40. The Morgan fingerprint density at radius 3 is 2.89 bits per heavy atom. The number of hydrogen-bond donors (Lipinski definition) is 2. The second-order valence-corrected chi connectivity index (χ2v) is 8.23. The van der Waals surface area contributed by atoms with E-state index < -0.39 is 0 Å². The molecule has 7 heteroatoms. The molecular formula is C20H25N5O2. The number of furan rings is 1. The topological polar surface area (TPSA) is 88.7 Å². The van der Waals surface area contributed by atoms with Crippen molar-refractivity contribution in [1.82, 2.24) is 25.1 Å². The van der Waals surface area contributed by atoms with Gasteiger partial charge in [-0.2, -0.15) is 5.10 Å². The lowest BCUT2D eigenvalue weighted by atomic mass is 9.93. The highest BCUT2D eigenvalue weighted by atomic mass is 16.3. The lowest BCUT2D eigenvalue weighted by Gasteiger charge is -2.24. The molecule has 1 atom stereocenters. The van der Waals surface area contributed by atoms with Gasteiger partial charge in [0.25, 0.3) is 5.91 Å². The predicted molar refractivity (Wildman–Crippen MR) is 102 cm³/mol. The van der Waals surface area contributed by atoms with Crippen LogP contribution in [0.4, 0.5) is 0 Å². The van der Waals surface area contributed by atoms with Gasteiger partial charge in [-0.1, -0.05) is 20.8 Å². The summed E-state index contributed by atoms with van der Waals surface area (Å²) in [6.45, 7) is 9.10. The fourth-order valence-corrected chi connectivity index (χ4v) is 3.33. The normalized spacial score (nSPS) is 17.0. The predicted octanol–water partition coefficient (Wildman–Crippen LogP) is 3.22. The van der Waals surface area contributed by atoms with Crippen molar-refractivity contribution >= 4 is 5.91 Å². The highest BCUT2D eigenvalue weighted by Gasteiger charge is 2.26. The number of aryl methyl sites for hydroxylation is 2. The molecule has 4 rings (SSSR count). The molecule has 0 fully saturated rings. The van der Waals surface area contributed by atoms with Crippen LogP contribution in [0, 0.1) is 6.92 Å². The summed E-state index contributed by atoms with van der Waals surface area (Å²) in [6.07, 6.45) is 3.85. The van der Waals surface area contributed by atoms with Crippen LogP contribution in [0.1, 0.15) is 55.0 Å². The molecule has 1 unspecified atom stereocenters. The monoisotopic (exact) mass is 367 g/mol. The fourth-order valence-electron chi connectivity index (χ4n) is 3.33. The van der Waals surface area contributed by atoms with Gasteiger partial charge in [-0.3, -0.25) is 9.89 Å². The third-order valence-corrected chi connectivity index (χ3v) is 4.91. The van der Waals surface area contributed by atoms with Crippen LogP contribution in [0.3, 0.4) is 0 Å². The molecule has 0 aliphatic carbocycles. The Morgan fingerprint density at radius 2 is 2.19 bits per heavy atom. The first-order valence-corrected chi connectivity index (χ1v) is 9.29. The van der Waals surface area contributed by atoms with Crippen molar-refractivity contribution in [2.24, 2.45) is 0 Å². The van der Waals surface area contributed by atoms with Gasteiger partial charge in [0.15, 0.2) is 11.5 Å².